The van der Waals surface area contributed by atoms with Crippen LogP contribution in [0.3, 0.4) is 0 Å². The highest BCUT2D eigenvalue weighted by molar-refractivity contribution is 7.88. The summed E-state index contributed by atoms with van der Waals surface area (Å²) in [5, 5.41) is 8.58. The number of rotatable bonds is 5. The van der Waals surface area contributed by atoms with E-state index in [1.165, 1.54) is 11.4 Å². The van der Waals surface area contributed by atoms with E-state index in [1.807, 2.05) is 0 Å². The van der Waals surface area contributed by atoms with Crippen LogP contribution in [0.15, 0.2) is 0 Å². The zero-order valence-electron chi connectivity index (χ0n) is 10.7. The number of carboxylic acid groups (broad SMARTS) is 1. The lowest BCUT2D eigenvalue weighted by Gasteiger charge is -2.34. The fourth-order valence-electron chi connectivity index (χ4n) is 1.70. The summed E-state index contributed by atoms with van der Waals surface area (Å²) in [7, 11) is -6.02. The summed E-state index contributed by atoms with van der Waals surface area (Å²) in [6.45, 7) is -0.467. The van der Waals surface area contributed by atoms with Crippen molar-refractivity contribution in [1.82, 2.24) is 12.9 Å². The van der Waals surface area contributed by atoms with E-state index in [0.29, 0.717) is 0 Å². The molecule has 0 aromatic heterocycles. The van der Waals surface area contributed by atoms with Gasteiger partial charge < -0.3 is 5.11 Å². The molecule has 0 radical (unpaired) electrons. The molecule has 19 heavy (non-hydrogen) atoms. The molecule has 9 nitrogen and oxygen atoms in total. The molecule has 0 spiro atoms. The minimum absolute atomic E-state index is 0.0133. The van der Waals surface area contributed by atoms with Crippen LogP contribution in [0.4, 0.5) is 0 Å². The molecule has 0 unspecified atom stereocenters. The molecular formula is C8H17N3O6S2. The van der Waals surface area contributed by atoms with Gasteiger partial charge in [0.05, 0.1) is 6.26 Å². The lowest BCUT2D eigenvalue weighted by atomic mass is 10.4. The molecule has 0 saturated carbocycles. The number of aliphatic carboxylic acids is 1. The second-order valence-electron chi connectivity index (χ2n) is 4.22. The van der Waals surface area contributed by atoms with Crippen LogP contribution in [-0.4, -0.2) is 86.9 Å². The van der Waals surface area contributed by atoms with Crippen LogP contribution >= 0.6 is 0 Å². The Bertz CT molecular complexity index is 535. The highest BCUT2D eigenvalue weighted by Gasteiger charge is 2.33. The number of nitrogens with zero attached hydrogens (tertiary/aromatic N) is 3. The molecule has 1 N–H and O–H groups in total. The van der Waals surface area contributed by atoms with E-state index >= 15 is 0 Å². The first kappa shape index (κ1) is 16.3. The summed E-state index contributed by atoms with van der Waals surface area (Å²) in [6, 6.07) is 0. The van der Waals surface area contributed by atoms with E-state index in [0.717, 1.165) is 14.9 Å². The third-order valence-corrected chi connectivity index (χ3v) is 5.98. The topological polar surface area (TPSA) is 115 Å². The van der Waals surface area contributed by atoms with Gasteiger partial charge in [0.25, 0.3) is 10.2 Å². The molecule has 0 amide bonds. The number of carboxylic acids is 1. The molecule has 1 aliphatic rings. The largest absolute Gasteiger partial charge is 0.480 e. The van der Waals surface area contributed by atoms with Crippen LogP contribution < -0.4 is 0 Å². The molecule has 1 saturated heterocycles. The Balaban J connectivity index is 2.72. The van der Waals surface area contributed by atoms with Gasteiger partial charge in [-0.3, -0.25) is 4.79 Å². The van der Waals surface area contributed by atoms with Crippen molar-refractivity contribution in [3.05, 3.63) is 0 Å². The van der Waals surface area contributed by atoms with Gasteiger partial charge >= 0.3 is 5.97 Å². The SMILES string of the molecule is CN(CC(=O)O)S(=O)(=O)N1CCN(S(C)(=O)=O)CC1. The lowest BCUT2D eigenvalue weighted by molar-refractivity contribution is -0.137. The highest BCUT2D eigenvalue weighted by atomic mass is 32.2. The van der Waals surface area contributed by atoms with Gasteiger partial charge in [0.2, 0.25) is 10.0 Å². The van der Waals surface area contributed by atoms with E-state index in [9.17, 15) is 21.6 Å². The lowest BCUT2D eigenvalue weighted by Crippen LogP contribution is -2.53. The molecular weight excluding hydrogens is 298 g/mol. The first-order chi connectivity index (χ1) is 8.55. The summed E-state index contributed by atoms with van der Waals surface area (Å²) >= 11 is 0. The van der Waals surface area contributed by atoms with Crippen molar-refractivity contribution in [3.8, 4) is 0 Å². The van der Waals surface area contributed by atoms with Crippen LogP contribution in [0, 0.1) is 0 Å². The van der Waals surface area contributed by atoms with Crippen molar-refractivity contribution in [3.63, 3.8) is 0 Å². The van der Waals surface area contributed by atoms with Crippen LogP contribution in [0.5, 0.6) is 0 Å². The number of carbonyl (C=O) groups is 1. The molecule has 0 aliphatic carbocycles. The number of hydrogen-bond acceptors (Lipinski definition) is 5. The van der Waals surface area contributed by atoms with Gasteiger partial charge in [-0.05, 0) is 0 Å². The highest BCUT2D eigenvalue weighted by Crippen LogP contribution is 2.12. The molecule has 1 fully saturated rings. The van der Waals surface area contributed by atoms with Crippen molar-refractivity contribution in [2.75, 3.05) is 46.0 Å². The molecule has 1 rings (SSSR count). The molecule has 0 atom stereocenters. The maximum absolute atomic E-state index is 12.0. The Labute approximate surface area is 112 Å². The maximum Gasteiger partial charge on any atom is 0.318 e. The molecule has 11 heteroatoms. The Morgan fingerprint density at radius 2 is 1.53 bits per heavy atom. The number of hydrogen-bond donors (Lipinski definition) is 1. The average Bonchev–Trinajstić information content (AvgIpc) is 2.27. The van der Waals surface area contributed by atoms with Gasteiger partial charge in [0.1, 0.15) is 6.54 Å². The standard InChI is InChI=1S/C8H17N3O6S2/c1-9(7-8(12)13)19(16,17)11-5-3-10(4-6-11)18(2,14)15/h3-7H2,1-2H3,(H,12,13). The quantitative estimate of drug-likeness (QED) is 0.617. The smallest absolute Gasteiger partial charge is 0.318 e. The maximum atomic E-state index is 12.0. The third kappa shape index (κ3) is 4.11. The predicted molar refractivity (Wildman–Crippen MR) is 67.2 cm³/mol. The van der Waals surface area contributed by atoms with Crippen LogP contribution in [0.1, 0.15) is 0 Å². The molecule has 0 aromatic rings. The van der Waals surface area contributed by atoms with E-state index in [1.54, 1.807) is 0 Å². The zero-order chi connectivity index (χ0) is 14.8. The second kappa shape index (κ2) is 5.71. The third-order valence-electron chi connectivity index (χ3n) is 2.74. The second-order valence-corrected chi connectivity index (χ2v) is 8.24. The van der Waals surface area contributed by atoms with Crippen molar-refractivity contribution >= 4 is 26.2 Å². The Hall–Kier alpha value is -0.750. The van der Waals surface area contributed by atoms with Gasteiger partial charge in [-0.2, -0.15) is 21.3 Å². The van der Waals surface area contributed by atoms with Gasteiger partial charge in [0.15, 0.2) is 0 Å². The molecule has 1 aliphatic heterocycles. The molecule has 1 heterocycles. The summed E-state index contributed by atoms with van der Waals surface area (Å²) in [4.78, 5) is 10.5. The Morgan fingerprint density at radius 1 is 1.11 bits per heavy atom. The van der Waals surface area contributed by atoms with E-state index in [-0.39, 0.29) is 26.2 Å². The number of likely N-dealkylation sites (N-methyl/N-ethyl adjacent to an activating group) is 1. The van der Waals surface area contributed by atoms with Crippen molar-refractivity contribution in [1.29, 1.82) is 0 Å². The number of sulfonamides is 1. The molecule has 0 aromatic carbocycles. The predicted octanol–water partition coefficient (Wildman–Crippen LogP) is -2.18. The van der Waals surface area contributed by atoms with E-state index in [2.05, 4.69) is 0 Å². The van der Waals surface area contributed by atoms with Crippen molar-refractivity contribution in [2.45, 2.75) is 0 Å². The monoisotopic (exact) mass is 315 g/mol. The van der Waals surface area contributed by atoms with Crippen molar-refractivity contribution < 1.29 is 26.7 Å². The summed E-state index contributed by atoms with van der Waals surface area (Å²) in [5.74, 6) is -1.25. The summed E-state index contributed by atoms with van der Waals surface area (Å²) in [6.07, 6.45) is 1.06. The van der Waals surface area contributed by atoms with Crippen LogP contribution in [0.25, 0.3) is 0 Å². The van der Waals surface area contributed by atoms with E-state index in [4.69, 9.17) is 5.11 Å². The zero-order valence-corrected chi connectivity index (χ0v) is 12.3. The van der Waals surface area contributed by atoms with Gasteiger partial charge in [0, 0.05) is 33.2 Å². The number of piperazine rings is 1. The fourth-order valence-corrected chi connectivity index (χ4v) is 3.82. The van der Waals surface area contributed by atoms with Gasteiger partial charge in [-0.25, -0.2) is 8.42 Å². The van der Waals surface area contributed by atoms with E-state index < -0.39 is 32.7 Å². The molecule has 112 valence electrons. The first-order valence-electron chi connectivity index (χ1n) is 5.43. The summed E-state index contributed by atoms with van der Waals surface area (Å²) in [5.41, 5.74) is 0. The average molecular weight is 315 g/mol. The van der Waals surface area contributed by atoms with Crippen LogP contribution in [0.2, 0.25) is 0 Å². The minimum atomic E-state index is -3.86. The summed E-state index contributed by atoms with van der Waals surface area (Å²) < 4.78 is 49.6. The Morgan fingerprint density at radius 3 is 1.89 bits per heavy atom. The van der Waals surface area contributed by atoms with Gasteiger partial charge in [-0.1, -0.05) is 0 Å². The van der Waals surface area contributed by atoms with Crippen LogP contribution in [-0.2, 0) is 25.0 Å². The fraction of sp³-hybridized carbons (Fsp3) is 0.875. The first-order valence-corrected chi connectivity index (χ1v) is 8.68. The normalized spacial score (nSPS) is 19.7. The minimum Gasteiger partial charge on any atom is -0.480 e. The van der Waals surface area contributed by atoms with Crippen molar-refractivity contribution in [2.24, 2.45) is 0 Å². The molecule has 0 bridgehead atoms. The Kier molecular flexibility index (Phi) is 4.90. The van der Waals surface area contributed by atoms with Gasteiger partial charge in [-0.15, -0.1) is 0 Å².